The number of thiophene rings is 1. The topological polar surface area (TPSA) is 120 Å². The first-order valence-electron chi connectivity index (χ1n) is 9.19. The maximum absolute atomic E-state index is 11.6. The fourth-order valence-electron chi connectivity index (χ4n) is 3.84. The van der Waals surface area contributed by atoms with Crippen LogP contribution in [0.5, 0.6) is 0 Å². The van der Waals surface area contributed by atoms with Gasteiger partial charge in [-0.2, -0.15) is 0 Å². The van der Waals surface area contributed by atoms with Crippen molar-refractivity contribution < 1.29 is 9.90 Å². The zero-order valence-electron chi connectivity index (χ0n) is 15.2. The summed E-state index contributed by atoms with van der Waals surface area (Å²) in [6, 6.07) is 5.75. The second-order valence-corrected chi connectivity index (χ2v) is 9.15. The highest BCUT2D eigenvalue weighted by Gasteiger charge is 2.25. The molecule has 1 amide bonds. The zero-order valence-corrected chi connectivity index (χ0v) is 16.8. The van der Waals surface area contributed by atoms with Crippen molar-refractivity contribution in [3.8, 4) is 0 Å². The summed E-state index contributed by atoms with van der Waals surface area (Å²) in [4.78, 5) is 36.2. The van der Waals surface area contributed by atoms with Crippen molar-refractivity contribution in [2.75, 3.05) is 11.9 Å². The van der Waals surface area contributed by atoms with Crippen molar-refractivity contribution in [2.45, 2.75) is 19.3 Å². The molecular formula is C19H17N5O3S2. The molecule has 0 fully saturated rings. The van der Waals surface area contributed by atoms with Crippen LogP contribution in [0.15, 0.2) is 29.3 Å². The number of hydrogen-bond donors (Lipinski definition) is 4. The van der Waals surface area contributed by atoms with Gasteiger partial charge in [0, 0.05) is 17.1 Å². The highest BCUT2D eigenvalue weighted by atomic mass is 32.1. The summed E-state index contributed by atoms with van der Waals surface area (Å²) in [5.74, 6) is 1.06. The Morgan fingerprint density at radius 2 is 2.21 bits per heavy atom. The molecule has 0 aliphatic heterocycles. The van der Waals surface area contributed by atoms with Gasteiger partial charge in [0.2, 0.25) is 0 Å². The monoisotopic (exact) mass is 427 g/mol. The number of carbonyl (C=O) groups is 1. The van der Waals surface area contributed by atoms with Crippen LogP contribution in [-0.2, 0) is 12.8 Å². The Balaban J connectivity index is 1.47. The van der Waals surface area contributed by atoms with E-state index in [2.05, 4.69) is 25.6 Å². The number of rotatable bonds is 4. The van der Waals surface area contributed by atoms with Crippen molar-refractivity contribution in [1.82, 2.24) is 20.3 Å². The number of aryl methyl sites for hydroxylation is 1. The second kappa shape index (κ2) is 7.12. The van der Waals surface area contributed by atoms with E-state index in [1.807, 2.05) is 18.2 Å². The molecule has 0 saturated carbocycles. The van der Waals surface area contributed by atoms with E-state index >= 15 is 0 Å². The minimum absolute atomic E-state index is 0.0691. The van der Waals surface area contributed by atoms with Crippen molar-refractivity contribution in [2.24, 2.45) is 5.92 Å². The zero-order chi connectivity index (χ0) is 20.0. The van der Waals surface area contributed by atoms with E-state index in [1.165, 1.54) is 21.8 Å². The number of aromatic nitrogens is 3. The van der Waals surface area contributed by atoms with Gasteiger partial charge in [-0.1, -0.05) is 11.3 Å². The normalized spacial score (nSPS) is 16.1. The second-order valence-electron chi connectivity index (χ2n) is 7.05. The Morgan fingerprint density at radius 3 is 3.07 bits per heavy atom. The molecule has 0 saturated heterocycles. The van der Waals surface area contributed by atoms with Crippen molar-refractivity contribution >= 4 is 60.7 Å². The molecule has 8 nitrogen and oxygen atoms in total. The van der Waals surface area contributed by atoms with Gasteiger partial charge in [0.1, 0.15) is 17.0 Å². The summed E-state index contributed by atoms with van der Waals surface area (Å²) in [5, 5.41) is 15.8. The highest BCUT2D eigenvalue weighted by Crippen LogP contribution is 2.40. The molecule has 1 aliphatic rings. The lowest BCUT2D eigenvalue weighted by Gasteiger charge is -2.22. The van der Waals surface area contributed by atoms with Crippen LogP contribution in [0.2, 0.25) is 0 Å². The van der Waals surface area contributed by atoms with Gasteiger partial charge in [-0.25, -0.2) is 14.8 Å². The van der Waals surface area contributed by atoms with Gasteiger partial charge in [-0.3, -0.25) is 4.79 Å². The first kappa shape index (κ1) is 18.1. The minimum atomic E-state index is -0.978. The fourth-order valence-corrected chi connectivity index (χ4v) is 5.92. The smallest absolute Gasteiger partial charge is 0.404 e. The number of benzene rings is 1. The van der Waals surface area contributed by atoms with Gasteiger partial charge < -0.3 is 20.7 Å². The Bertz CT molecular complexity index is 1290. The average Bonchev–Trinajstić information content (AvgIpc) is 3.25. The standard InChI is InChI=1S/C19H17N5O3S2/c25-18(26)20-7-9-1-3-11-13(5-9)28-17-15(11)16(21-8-22-17)23-10-2-4-12-14(6-10)29-19(27)24-12/h2,4,6,8-9,20H,1,3,5,7H2,(H,24,27)(H,25,26)(H,21,22,23). The van der Waals surface area contributed by atoms with E-state index < -0.39 is 6.09 Å². The maximum atomic E-state index is 11.6. The molecule has 29 heavy (non-hydrogen) atoms. The fraction of sp³-hybridized carbons (Fsp3) is 0.263. The Hall–Kier alpha value is -2.98. The predicted octanol–water partition coefficient (Wildman–Crippen LogP) is 3.71. The molecule has 5 rings (SSSR count). The van der Waals surface area contributed by atoms with Crippen molar-refractivity contribution in [1.29, 1.82) is 0 Å². The third-order valence-corrected chi connectivity index (χ3v) is 7.18. The molecule has 1 unspecified atom stereocenters. The number of aromatic amines is 1. The summed E-state index contributed by atoms with van der Waals surface area (Å²) in [6.07, 6.45) is 3.23. The number of H-pyrrole nitrogens is 1. The average molecular weight is 428 g/mol. The molecule has 0 bridgehead atoms. The molecule has 148 valence electrons. The number of anilines is 2. The van der Waals surface area contributed by atoms with E-state index in [0.29, 0.717) is 12.5 Å². The number of nitrogens with one attached hydrogen (secondary N) is 3. The van der Waals surface area contributed by atoms with Crippen LogP contribution in [0.25, 0.3) is 20.4 Å². The number of thiazole rings is 1. The van der Waals surface area contributed by atoms with Crippen LogP contribution in [-0.4, -0.2) is 32.7 Å². The summed E-state index contributed by atoms with van der Waals surface area (Å²) in [5.41, 5.74) is 2.95. The number of carboxylic acid groups (broad SMARTS) is 1. The first-order valence-corrected chi connectivity index (χ1v) is 10.8. The molecule has 4 aromatic rings. The third kappa shape index (κ3) is 3.45. The van der Waals surface area contributed by atoms with E-state index in [-0.39, 0.29) is 4.87 Å². The number of fused-ring (bicyclic) bond motifs is 4. The maximum Gasteiger partial charge on any atom is 0.404 e. The Labute approximate surface area is 172 Å². The Kier molecular flexibility index (Phi) is 4.44. The van der Waals surface area contributed by atoms with Gasteiger partial charge in [-0.05, 0) is 48.9 Å². The lowest BCUT2D eigenvalue weighted by Crippen LogP contribution is -2.30. The third-order valence-electron chi connectivity index (χ3n) is 5.17. The molecule has 4 N–H and O–H groups in total. The molecule has 1 atom stereocenters. The quantitative estimate of drug-likeness (QED) is 0.394. The van der Waals surface area contributed by atoms with E-state index in [0.717, 1.165) is 51.2 Å². The van der Waals surface area contributed by atoms with Gasteiger partial charge in [0.15, 0.2) is 0 Å². The number of amides is 1. The van der Waals surface area contributed by atoms with Gasteiger partial charge in [0.05, 0.1) is 15.6 Å². The molecule has 0 spiro atoms. The van der Waals surface area contributed by atoms with Gasteiger partial charge >= 0.3 is 11.0 Å². The number of nitrogens with zero attached hydrogens (tertiary/aromatic N) is 2. The van der Waals surface area contributed by atoms with E-state index in [1.54, 1.807) is 17.7 Å². The largest absolute Gasteiger partial charge is 0.465 e. The van der Waals surface area contributed by atoms with Crippen LogP contribution in [0.4, 0.5) is 16.3 Å². The molecule has 3 aromatic heterocycles. The predicted molar refractivity (Wildman–Crippen MR) is 115 cm³/mol. The summed E-state index contributed by atoms with van der Waals surface area (Å²) >= 11 is 2.84. The SMILES string of the molecule is O=C(O)NCC1CCc2c(sc3ncnc(Nc4ccc5[nH]c(=O)sc5c4)c23)C1. The van der Waals surface area contributed by atoms with E-state index in [9.17, 15) is 9.59 Å². The Morgan fingerprint density at radius 1 is 1.31 bits per heavy atom. The van der Waals surface area contributed by atoms with Crippen LogP contribution in [0.3, 0.4) is 0 Å². The number of hydrogen-bond acceptors (Lipinski definition) is 7. The lowest BCUT2D eigenvalue weighted by molar-refractivity contribution is 0.191. The summed E-state index contributed by atoms with van der Waals surface area (Å²) in [7, 11) is 0. The molecule has 1 aliphatic carbocycles. The molecule has 0 radical (unpaired) electrons. The molecule has 3 heterocycles. The molecule has 10 heteroatoms. The van der Waals surface area contributed by atoms with Crippen LogP contribution >= 0.6 is 22.7 Å². The molecular weight excluding hydrogens is 410 g/mol. The van der Waals surface area contributed by atoms with Gasteiger partial charge in [0.25, 0.3) is 0 Å². The van der Waals surface area contributed by atoms with Crippen molar-refractivity contribution in [3.05, 3.63) is 44.6 Å². The highest BCUT2D eigenvalue weighted by molar-refractivity contribution is 7.19. The van der Waals surface area contributed by atoms with Gasteiger partial charge in [-0.15, -0.1) is 11.3 Å². The van der Waals surface area contributed by atoms with E-state index in [4.69, 9.17) is 5.11 Å². The summed E-state index contributed by atoms with van der Waals surface area (Å²) in [6.45, 7) is 0.472. The minimum Gasteiger partial charge on any atom is -0.465 e. The van der Waals surface area contributed by atoms with Crippen LogP contribution in [0, 0.1) is 5.92 Å². The molecule has 1 aromatic carbocycles. The first-order chi connectivity index (χ1) is 14.1. The lowest BCUT2D eigenvalue weighted by atomic mass is 9.88. The summed E-state index contributed by atoms with van der Waals surface area (Å²) < 4.78 is 0.895. The van der Waals surface area contributed by atoms with Crippen LogP contribution in [0.1, 0.15) is 16.9 Å². The van der Waals surface area contributed by atoms with Crippen LogP contribution < -0.4 is 15.5 Å². The van der Waals surface area contributed by atoms with Crippen molar-refractivity contribution in [3.63, 3.8) is 0 Å².